The summed E-state index contributed by atoms with van der Waals surface area (Å²) < 4.78 is 5.50. The number of hydrogen-bond donors (Lipinski definition) is 1. The molecule has 0 aliphatic heterocycles. The molecule has 1 unspecified atom stereocenters. The fraction of sp³-hybridized carbons (Fsp3) is 0.400. The molecule has 0 saturated heterocycles. The normalized spacial score (nSPS) is 12.8. The highest BCUT2D eigenvalue weighted by atomic mass is 32.1. The molecule has 0 aliphatic rings. The van der Waals surface area contributed by atoms with Crippen LogP contribution in [0.5, 0.6) is 0 Å². The zero-order valence-electron chi connectivity index (χ0n) is 7.23. The average molecular weight is 182 g/mol. The standard InChI is InChI=1S/C10H14OS/c1-9(11-7-8-12)10-5-3-2-4-6-10/h2-6,9,12H,7-8H2,1H3. The maximum Gasteiger partial charge on any atom is 0.0797 e. The van der Waals surface area contributed by atoms with Gasteiger partial charge in [-0.1, -0.05) is 30.3 Å². The predicted octanol–water partition coefficient (Wildman–Crippen LogP) is 2.69. The molecule has 0 aliphatic carbocycles. The third-order valence-electron chi connectivity index (χ3n) is 1.73. The van der Waals surface area contributed by atoms with Gasteiger partial charge in [0, 0.05) is 5.75 Å². The van der Waals surface area contributed by atoms with Crippen molar-refractivity contribution in [3.05, 3.63) is 35.9 Å². The van der Waals surface area contributed by atoms with Crippen LogP contribution in [-0.2, 0) is 4.74 Å². The summed E-state index contributed by atoms with van der Waals surface area (Å²) in [6.07, 6.45) is 0.179. The lowest BCUT2D eigenvalue weighted by atomic mass is 10.1. The van der Waals surface area contributed by atoms with Crippen LogP contribution in [0.3, 0.4) is 0 Å². The monoisotopic (exact) mass is 182 g/mol. The van der Waals surface area contributed by atoms with E-state index < -0.39 is 0 Å². The summed E-state index contributed by atoms with van der Waals surface area (Å²) in [7, 11) is 0. The first kappa shape index (κ1) is 9.62. The van der Waals surface area contributed by atoms with Crippen molar-refractivity contribution >= 4 is 12.6 Å². The van der Waals surface area contributed by atoms with Crippen molar-refractivity contribution in [1.29, 1.82) is 0 Å². The van der Waals surface area contributed by atoms with Crippen LogP contribution in [0.1, 0.15) is 18.6 Å². The molecule has 0 aromatic heterocycles. The summed E-state index contributed by atoms with van der Waals surface area (Å²) >= 11 is 4.08. The lowest BCUT2D eigenvalue weighted by Gasteiger charge is -2.11. The minimum atomic E-state index is 0.179. The Kier molecular flexibility index (Phi) is 4.19. The Balaban J connectivity index is 2.48. The second-order valence-corrected chi connectivity index (χ2v) is 3.09. The van der Waals surface area contributed by atoms with Crippen LogP contribution >= 0.6 is 12.6 Å². The summed E-state index contributed by atoms with van der Waals surface area (Å²) in [6.45, 7) is 2.76. The average Bonchev–Trinajstić information content (AvgIpc) is 2.15. The van der Waals surface area contributed by atoms with Gasteiger partial charge >= 0.3 is 0 Å². The molecule has 0 N–H and O–H groups in total. The van der Waals surface area contributed by atoms with E-state index in [0.717, 1.165) is 5.75 Å². The largest absolute Gasteiger partial charge is 0.373 e. The Morgan fingerprint density at radius 1 is 1.33 bits per heavy atom. The van der Waals surface area contributed by atoms with Crippen molar-refractivity contribution in [2.24, 2.45) is 0 Å². The van der Waals surface area contributed by atoms with E-state index in [1.54, 1.807) is 0 Å². The van der Waals surface area contributed by atoms with E-state index in [-0.39, 0.29) is 6.10 Å². The Bertz CT molecular complexity index is 210. The Morgan fingerprint density at radius 3 is 2.58 bits per heavy atom. The zero-order valence-corrected chi connectivity index (χ0v) is 8.13. The van der Waals surface area contributed by atoms with Crippen molar-refractivity contribution in [3.63, 3.8) is 0 Å². The van der Waals surface area contributed by atoms with Crippen LogP contribution in [0, 0.1) is 0 Å². The van der Waals surface area contributed by atoms with Crippen molar-refractivity contribution in [2.75, 3.05) is 12.4 Å². The Morgan fingerprint density at radius 2 is 2.00 bits per heavy atom. The minimum absolute atomic E-state index is 0.179. The highest BCUT2D eigenvalue weighted by Crippen LogP contribution is 2.15. The number of ether oxygens (including phenoxy) is 1. The third-order valence-corrected chi connectivity index (χ3v) is 1.91. The molecule has 0 saturated carbocycles. The Hall–Kier alpha value is -0.470. The SMILES string of the molecule is CC(OCCS)c1ccccc1. The molecule has 0 amide bonds. The molecule has 1 nitrogen and oxygen atoms in total. The topological polar surface area (TPSA) is 9.23 Å². The molecule has 0 spiro atoms. The summed E-state index contributed by atoms with van der Waals surface area (Å²) in [5, 5.41) is 0. The molecule has 1 rings (SSSR count). The molecule has 1 aromatic rings. The van der Waals surface area contributed by atoms with Gasteiger partial charge in [0.1, 0.15) is 0 Å². The van der Waals surface area contributed by atoms with E-state index in [0.29, 0.717) is 6.61 Å². The summed E-state index contributed by atoms with van der Waals surface area (Å²) in [4.78, 5) is 0. The second kappa shape index (κ2) is 5.22. The fourth-order valence-electron chi connectivity index (χ4n) is 1.05. The molecule has 12 heavy (non-hydrogen) atoms. The molecular formula is C10H14OS. The van der Waals surface area contributed by atoms with Crippen molar-refractivity contribution < 1.29 is 4.74 Å². The maximum atomic E-state index is 5.50. The third kappa shape index (κ3) is 2.88. The van der Waals surface area contributed by atoms with Gasteiger partial charge in [0.2, 0.25) is 0 Å². The molecule has 0 fully saturated rings. The quantitative estimate of drug-likeness (QED) is 0.704. The number of rotatable bonds is 4. The number of thiol groups is 1. The lowest BCUT2D eigenvalue weighted by molar-refractivity contribution is 0.0786. The van der Waals surface area contributed by atoms with Crippen LogP contribution in [0.15, 0.2) is 30.3 Å². The van der Waals surface area contributed by atoms with Gasteiger partial charge in [0.15, 0.2) is 0 Å². The summed E-state index contributed by atoms with van der Waals surface area (Å²) in [5.74, 6) is 0.775. The van der Waals surface area contributed by atoms with Gasteiger partial charge < -0.3 is 4.74 Å². The van der Waals surface area contributed by atoms with Crippen LogP contribution in [0.2, 0.25) is 0 Å². The van der Waals surface area contributed by atoms with Gasteiger partial charge in [-0.05, 0) is 12.5 Å². The maximum absolute atomic E-state index is 5.50. The van der Waals surface area contributed by atoms with E-state index in [1.807, 2.05) is 18.2 Å². The molecule has 0 bridgehead atoms. The van der Waals surface area contributed by atoms with Crippen LogP contribution in [0.4, 0.5) is 0 Å². The van der Waals surface area contributed by atoms with E-state index >= 15 is 0 Å². The second-order valence-electron chi connectivity index (χ2n) is 2.65. The molecule has 66 valence electrons. The number of benzene rings is 1. The molecule has 0 radical (unpaired) electrons. The summed E-state index contributed by atoms with van der Waals surface area (Å²) in [5.41, 5.74) is 1.22. The van der Waals surface area contributed by atoms with Gasteiger partial charge in [-0.15, -0.1) is 0 Å². The summed E-state index contributed by atoms with van der Waals surface area (Å²) in [6, 6.07) is 10.2. The van der Waals surface area contributed by atoms with E-state index in [1.165, 1.54) is 5.56 Å². The number of hydrogen-bond acceptors (Lipinski definition) is 2. The van der Waals surface area contributed by atoms with Crippen molar-refractivity contribution in [3.8, 4) is 0 Å². The predicted molar refractivity (Wildman–Crippen MR) is 54.7 cm³/mol. The molecular weight excluding hydrogens is 168 g/mol. The minimum Gasteiger partial charge on any atom is -0.373 e. The molecule has 1 aromatic carbocycles. The lowest BCUT2D eigenvalue weighted by Crippen LogP contribution is -2.01. The first-order valence-electron chi connectivity index (χ1n) is 4.12. The van der Waals surface area contributed by atoms with Crippen molar-refractivity contribution in [2.45, 2.75) is 13.0 Å². The van der Waals surface area contributed by atoms with E-state index in [2.05, 4.69) is 31.7 Å². The molecule has 0 heterocycles. The molecule has 1 atom stereocenters. The highest BCUT2D eigenvalue weighted by Gasteiger charge is 2.02. The Labute approximate surface area is 79.2 Å². The van der Waals surface area contributed by atoms with Crippen molar-refractivity contribution in [1.82, 2.24) is 0 Å². The molecule has 2 heteroatoms. The van der Waals surface area contributed by atoms with E-state index in [4.69, 9.17) is 4.74 Å². The fourth-order valence-corrected chi connectivity index (χ4v) is 1.16. The van der Waals surface area contributed by atoms with Crippen LogP contribution < -0.4 is 0 Å². The van der Waals surface area contributed by atoms with Crippen LogP contribution in [-0.4, -0.2) is 12.4 Å². The van der Waals surface area contributed by atoms with Gasteiger partial charge in [-0.3, -0.25) is 0 Å². The van der Waals surface area contributed by atoms with Gasteiger partial charge in [0.25, 0.3) is 0 Å². The first-order valence-corrected chi connectivity index (χ1v) is 4.75. The highest BCUT2D eigenvalue weighted by molar-refractivity contribution is 7.80. The van der Waals surface area contributed by atoms with E-state index in [9.17, 15) is 0 Å². The van der Waals surface area contributed by atoms with Gasteiger partial charge in [-0.25, -0.2) is 0 Å². The first-order chi connectivity index (χ1) is 5.84. The smallest absolute Gasteiger partial charge is 0.0797 e. The van der Waals surface area contributed by atoms with Gasteiger partial charge in [-0.2, -0.15) is 12.6 Å². The van der Waals surface area contributed by atoms with Crippen LogP contribution in [0.25, 0.3) is 0 Å². The zero-order chi connectivity index (χ0) is 8.81. The van der Waals surface area contributed by atoms with Gasteiger partial charge in [0.05, 0.1) is 12.7 Å².